The highest BCUT2D eigenvalue weighted by Gasteiger charge is 2.51. The molecule has 33 heavy (non-hydrogen) atoms. The van der Waals surface area contributed by atoms with Crippen LogP contribution >= 0.6 is 0 Å². The highest BCUT2D eigenvalue weighted by molar-refractivity contribution is 6.04. The van der Waals surface area contributed by atoms with Crippen molar-refractivity contribution >= 4 is 17.3 Å². The molecular formula is C23H20F5N3O2. The maximum atomic E-state index is 14.3. The molecule has 3 N–H and O–H groups in total. The van der Waals surface area contributed by atoms with Crippen LogP contribution in [-0.4, -0.2) is 22.2 Å². The molecule has 0 saturated heterocycles. The first-order valence-electron chi connectivity index (χ1n) is 9.42. The SMILES string of the molecule is C.CC(O)(c1ccc(Nc2cc(-c3c(F)cccc3F)nc3c2C(=O)NC3)cc1)C(F)(F)F. The van der Waals surface area contributed by atoms with Crippen molar-refractivity contribution in [3.05, 3.63) is 77.0 Å². The van der Waals surface area contributed by atoms with Crippen molar-refractivity contribution < 1.29 is 31.9 Å². The molecule has 1 atom stereocenters. The summed E-state index contributed by atoms with van der Waals surface area (Å²) in [6, 6.07) is 9.43. The molecular weight excluding hydrogens is 445 g/mol. The van der Waals surface area contributed by atoms with Crippen LogP contribution in [0.2, 0.25) is 0 Å². The number of hydrogen-bond acceptors (Lipinski definition) is 4. The summed E-state index contributed by atoms with van der Waals surface area (Å²) in [4.78, 5) is 16.5. The van der Waals surface area contributed by atoms with E-state index in [4.69, 9.17) is 0 Å². The third kappa shape index (κ3) is 4.25. The van der Waals surface area contributed by atoms with Crippen molar-refractivity contribution in [1.29, 1.82) is 0 Å². The molecule has 2 heterocycles. The number of nitrogens with one attached hydrogen (secondary N) is 2. The van der Waals surface area contributed by atoms with Gasteiger partial charge in [-0.25, -0.2) is 13.8 Å². The predicted octanol–water partition coefficient (Wildman–Crippen LogP) is 5.42. The van der Waals surface area contributed by atoms with Crippen molar-refractivity contribution in [1.82, 2.24) is 10.3 Å². The van der Waals surface area contributed by atoms with Crippen LogP contribution in [0.15, 0.2) is 48.5 Å². The van der Waals surface area contributed by atoms with E-state index >= 15 is 0 Å². The largest absolute Gasteiger partial charge is 0.421 e. The minimum atomic E-state index is -4.87. The molecule has 1 aliphatic heterocycles. The zero-order valence-electron chi connectivity index (χ0n) is 16.5. The predicted molar refractivity (Wildman–Crippen MR) is 113 cm³/mol. The Morgan fingerprint density at radius 3 is 2.21 bits per heavy atom. The van der Waals surface area contributed by atoms with E-state index in [1.54, 1.807) is 0 Å². The number of alkyl halides is 3. The van der Waals surface area contributed by atoms with E-state index in [1.165, 1.54) is 24.3 Å². The first-order valence-corrected chi connectivity index (χ1v) is 9.42. The highest BCUT2D eigenvalue weighted by atomic mass is 19.4. The molecule has 174 valence electrons. The van der Waals surface area contributed by atoms with Crippen LogP contribution in [0, 0.1) is 11.6 Å². The van der Waals surface area contributed by atoms with E-state index in [1.807, 2.05) is 0 Å². The number of anilines is 2. The van der Waals surface area contributed by atoms with Gasteiger partial charge in [0.1, 0.15) is 11.6 Å². The summed E-state index contributed by atoms with van der Waals surface area (Å²) in [6.45, 7) is 0.699. The number of fused-ring (bicyclic) bond motifs is 1. The van der Waals surface area contributed by atoms with Crippen molar-refractivity contribution in [2.24, 2.45) is 0 Å². The van der Waals surface area contributed by atoms with Gasteiger partial charge >= 0.3 is 6.18 Å². The van der Waals surface area contributed by atoms with E-state index in [9.17, 15) is 31.9 Å². The average molecular weight is 465 g/mol. The molecule has 0 aliphatic carbocycles. The number of benzene rings is 2. The number of pyridine rings is 1. The molecule has 4 rings (SSSR count). The Hall–Kier alpha value is -3.53. The van der Waals surface area contributed by atoms with Gasteiger partial charge in [0, 0.05) is 5.69 Å². The van der Waals surface area contributed by atoms with Crippen LogP contribution in [0.3, 0.4) is 0 Å². The number of carbonyl (C=O) groups is 1. The lowest BCUT2D eigenvalue weighted by Crippen LogP contribution is -2.39. The van der Waals surface area contributed by atoms with Gasteiger partial charge in [-0.1, -0.05) is 25.6 Å². The Kier molecular flexibility index (Phi) is 6.16. The second kappa shape index (κ2) is 8.43. The number of nitrogens with zero attached hydrogens (tertiary/aromatic N) is 1. The van der Waals surface area contributed by atoms with Crippen molar-refractivity contribution in [3.8, 4) is 11.3 Å². The Balaban J connectivity index is 0.00000306. The molecule has 1 amide bonds. The van der Waals surface area contributed by atoms with Crippen LogP contribution in [-0.2, 0) is 12.1 Å². The summed E-state index contributed by atoms with van der Waals surface area (Å²) in [5.74, 6) is -2.12. The molecule has 0 spiro atoms. The lowest BCUT2D eigenvalue weighted by Gasteiger charge is -2.26. The molecule has 1 unspecified atom stereocenters. The maximum absolute atomic E-state index is 14.3. The van der Waals surface area contributed by atoms with Crippen LogP contribution in [0.5, 0.6) is 0 Å². The summed E-state index contributed by atoms with van der Waals surface area (Å²) in [6.07, 6.45) is -4.87. The smallest absolute Gasteiger partial charge is 0.376 e. The monoisotopic (exact) mass is 465 g/mol. The molecule has 5 nitrogen and oxygen atoms in total. The summed E-state index contributed by atoms with van der Waals surface area (Å²) in [5.41, 5.74) is -2.92. The molecule has 3 aromatic rings. The lowest BCUT2D eigenvalue weighted by molar-refractivity contribution is -0.258. The minimum Gasteiger partial charge on any atom is -0.376 e. The fourth-order valence-corrected chi connectivity index (χ4v) is 3.40. The van der Waals surface area contributed by atoms with Crippen LogP contribution in [0.4, 0.5) is 33.3 Å². The van der Waals surface area contributed by atoms with E-state index in [0.717, 1.165) is 24.3 Å². The Bertz CT molecular complexity index is 1190. The average Bonchev–Trinajstić information content (AvgIpc) is 3.08. The first kappa shape index (κ1) is 24.1. The second-order valence-electron chi connectivity index (χ2n) is 7.43. The standard InChI is InChI=1S/C22H16F5N3O2.CH4/c1-21(32,22(25,26)27)11-5-7-12(8-6-11)29-16-9-15(18-13(23)3-2-4-14(18)24)30-17-10-28-20(31)19(16)17;/h2-9,32H,10H2,1H3,(H,28,31)(H,29,30);1H4. The quantitative estimate of drug-likeness (QED) is 0.450. The molecule has 0 bridgehead atoms. The van der Waals surface area contributed by atoms with Gasteiger partial charge < -0.3 is 15.7 Å². The van der Waals surface area contributed by atoms with Crippen molar-refractivity contribution in [2.75, 3.05) is 5.32 Å². The summed E-state index contributed by atoms with van der Waals surface area (Å²) < 4.78 is 67.7. The fraction of sp³-hybridized carbons (Fsp3) is 0.217. The molecule has 1 aliphatic rings. The van der Waals surface area contributed by atoms with Gasteiger partial charge in [-0.05, 0) is 42.8 Å². The minimum absolute atomic E-state index is 0. The zero-order chi connectivity index (χ0) is 23.3. The number of rotatable bonds is 4. The van der Waals surface area contributed by atoms with Gasteiger partial charge in [0.2, 0.25) is 0 Å². The number of amides is 1. The molecule has 10 heteroatoms. The van der Waals surface area contributed by atoms with Gasteiger partial charge in [-0.15, -0.1) is 0 Å². The van der Waals surface area contributed by atoms with E-state index < -0.39 is 29.3 Å². The molecule has 0 fully saturated rings. The van der Waals surface area contributed by atoms with Gasteiger partial charge in [0.25, 0.3) is 5.91 Å². The Labute approximate surface area is 186 Å². The first-order chi connectivity index (χ1) is 15.0. The maximum Gasteiger partial charge on any atom is 0.421 e. The number of aliphatic hydroxyl groups is 1. The van der Waals surface area contributed by atoms with Crippen LogP contribution in [0.1, 0.15) is 36.0 Å². The number of hydrogen-bond donors (Lipinski definition) is 3. The molecule has 0 saturated carbocycles. The van der Waals surface area contributed by atoms with Gasteiger partial charge in [0.15, 0.2) is 5.60 Å². The lowest BCUT2D eigenvalue weighted by atomic mass is 9.95. The van der Waals surface area contributed by atoms with Crippen LogP contribution in [0.25, 0.3) is 11.3 Å². The Morgan fingerprint density at radius 1 is 1.03 bits per heavy atom. The normalized spacial score (nSPS) is 14.7. The summed E-state index contributed by atoms with van der Waals surface area (Å²) in [5, 5.41) is 15.3. The van der Waals surface area contributed by atoms with Gasteiger partial charge in [0.05, 0.1) is 34.7 Å². The summed E-state index contributed by atoms with van der Waals surface area (Å²) >= 11 is 0. The fourth-order valence-electron chi connectivity index (χ4n) is 3.40. The number of carbonyl (C=O) groups excluding carboxylic acids is 1. The highest BCUT2D eigenvalue weighted by Crippen LogP contribution is 2.39. The topological polar surface area (TPSA) is 74.2 Å². The van der Waals surface area contributed by atoms with E-state index in [-0.39, 0.29) is 47.7 Å². The van der Waals surface area contributed by atoms with E-state index in [0.29, 0.717) is 12.6 Å². The number of halogens is 5. The second-order valence-corrected chi connectivity index (χ2v) is 7.43. The van der Waals surface area contributed by atoms with Crippen molar-refractivity contribution in [2.45, 2.75) is 32.7 Å². The molecule has 2 aromatic carbocycles. The molecule has 1 aromatic heterocycles. The Morgan fingerprint density at radius 2 is 1.64 bits per heavy atom. The van der Waals surface area contributed by atoms with Crippen molar-refractivity contribution in [3.63, 3.8) is 0 Å². The molecule has 0 radical (unpaired) electrons. The van der Waals surface area contributed by atoms with Gasteiger partial charge in [-0.3, -0.25) is 4.79 Å². The van der Waals surface area contributed by atoms with E-state index in [2.05, 4.69) is 15.6 Å². The van der Waals surface area contributed by atoms with Gasteiger partial charge in [-0.2, -0.15) is 13.2 Å². The summed E-state index contributed by atoms with van der Waals surface area (Å²) in [7, 11) is 0. The third-order valence-corrected chi connectivity index (χ3v) is 5.23. The third-order valence-electron chi connectivity index (χ3n) is 5.23. The number of aromatic nitrogens is 1. The van der Waals surface area contributed by atoms with Crippen LogP contribution < -0.4 is 10.6 Å². The zero-order valence-corrected chi connectivity index (χ0v) is 16.5.